The van der Waals surface area contributed by atoms with E-state index in [-0.39, 0.29) is 24.3 Å². The van der Waals surface area contributed by atoms with Crippen LogP contribution in [0.4, 0.5) is 0 Å². The second-order valence-electron chi connectivity index (χ2n) is 8.91. The predicted molar refractivity (Wildman–Crippen MR) is 129 cm³/mol. The van der Waals surface area contributed by atoms with E-state index in [4.69, 9.17) is 27.9 Å². The lowest BCUT2D eigenvalue weighted by Gasteiger charge is -2.39. The number of esters is 1. The van der Waals surface area contributed by atoms with E-state index < -0.39 is 17.5 Å². The number of nitrogens with zero attached hydrogens (tertiary/aromatic N) is 1. The van der Waals surface area contributed by atoms with Crippen LogP contribution in [-0.4, -0.2) is 47.4 Å². The molecule has 1 unspecified atom stereocenters. The molecule has 1 atom stereocenters. The van der Waals surface area contributed by atoms with Crippen LogP contribution in [0, 0.1) is 5.92 Å². The van der Waals surface area contributed by atoms with Gasteiger partial charge in [-0.1, -0.05) is 30.1 Å². The number of nitrogens with one attached hydrogen (secondary N) is 1. The largest absolute Gasteiger partial charge is 0.460 e. The molecule has 0 aliphatic carbocycles. The molecule has 9 heteroatoms. The number of hydrogen-bond acceptors (Lipinski definition) is 5. The van der Waals surface area contributed by atoms with Gasteiger partial charge in [-0.3, -0.25) is 14.4 Å². The number of carbonyl (C=O) groups is 3. The maximum Gasteiger partial charge on any atom is 0.307 e. The Bertz CT molecular complexity index is 1070. The zero-order valence-corrected chi connectivity index (χ0v) is 20.7. The predicted octanol–water partition coefficient (Wildman–Crippen LogP) is 4.92. The van der Waals surface area contributed by atoms with Gasteiger partial charge < -0.3 is 15.0 Å². The lowest BCUT2D eigenvalue weighted by Crippen LogP contribution is -2.61. The molecule has 1 saturated heterocycles. The van der Waals surface area contributed by atoms with Crippen LogP contribution in [0.25, 0.3) is 16.2 Å². The molecule has 2 amide bonds. The number of carbonyl (C=O) groups excluding carboxylic acids is 3. The van der Waals surface area contributed by atoms with Gasteiger partial charge in [-0.2, -0.15) is 0 Å². The highest BCUT2D eigenvalue weighted by Crippen LogP contribution is 2.37. The van der Waals surface area contributed by atoms with Crippen molar-refractivity contribution in [1.29, 1.82) is 0 Å². The Morgan fingerprint density at radius 3 is 2.62 bits per heavy atom. The highest BCUT2D eigenvalue weighted by molar-refractivity contribution is 7.18. The van der Waals surface area contributed by atoms with Crippen molar-refractivity contribution in [2.75, 3.05) is 13.1 Å². The molecule has 6 nitrogen and oxygen atoms in total. The van der Waals surface area contributed by atoms with Gasteiger partial charge in [0, 0.05) is 25.1 Å². The summed E-state index contributed by atoms with van der Waals surface area (Å²) < 4.78 is 6.17. The number of fused-ring (bicyclic) bond motifs is 1. The molecule has 3 rings (SSSR count). The molecule has 1 N–H and O–H groups in total. The molecule has 0 saturated carbocycles. The third-order valence-corrected chi connectivity index (χ3v) is 6.88. The summed E-state index contributed by atoms with van der Waals surface area (Å²) in [6.45, 7) is 7.86. The zero-order valence-electron chi connectivity index (χ0n) is 18.4. The van der Waals surface area contributed by atoms with Gasteiger partial charge in [-0.15, -0.1) is 11.3 Å². The first-order valence-electron chi connectivity index (χ1n) is 10.3. The summed E-state index contributed by atoms with van der Waals surface area (Å²) in [7, 11) is 0. The van der Waals surface area contributed by atoms with Crippen molar-refractivity contribution in [2.24, 2.45) is 5.92 Å². The number of likely N-dealkylation sites (tertiary alicyclic amines) is 1. The number of thiophene rings is 1. The van der Waals surface area contributed by atoms with Gasteiger partial charge in [0.2, 0.25) is 11.8 Å². The van der Waals surface area contributed by atoms with Crippen LogP contribution in [0.15, 0.2) is 23.6 Å². The van der Waals surface area contributed by atoms with E-state index in [0.717, 1.165) is 10.1 Å². The van der Waals surface area contributed by atoms with Crippen molar-refractivity contribution in [1.82, 2.24) is 10.2 Å². The standard InChI is InChI=1S/C23H26Cl2N2O4S/c1-13(9-18(29)31-23(2,3)4)22(30)26-16-11-27(12-16)17(28)6-5-14-10-15-7-8-32-21(15)20(25)19(14)24/h5-8,10,13,16H,9,11-12H2,1-4H3,(H,26,30). The van der Waals surface area contributed by atoms with Crippen molar-refractivity contribution in [3.63, 3.8) is 0 Å². The van der Waals surface area contributed by atoms with Crippen molar-refractivity contribution in [3.8, 4) is 0 Å². The van der Waals surface area contributed by atoms with E-state index in [1.54, 1.807) is 38.7 Å². The van der Waals surface area contributed by atoms with E-state index in [1.165, 1.54) is 17.4 Å². The van der Waals surface area contributed by atoms with Crippen LogP contribution < -0.4 is 5.32 Å². The lowest BCUT2D eigenvalue weighted by atomic mass is 10.0. The first kappa shape index (κ1) is 24.6. The molecule has 0 radical (unpaired) electrons. The Balaban J connectivity index is 1.48. The minimum absolute atomic E-state index is 0.0129. The van der Waals surface area contributed by atoms with Crippen LogP contribution in [0.3, 0.4) is 0 Å². The summed E-state index contributed by atoms with van der Waals surface area (Å²) in [6.07, 6.45) is 3.13. The van der Waals surface area contributed by atoms with Gasteiger partial charge in [0.05, 0.1) is 27.2 Å². The second kappa shape index (κ2) is 9.81. The van der Waals surface area contributed by atoms with Crippen molar-refractivity contribution in [2.45, 2.75) is 45.8 Å². The fourth-order valence-electron chi connectivity index (χ4n) is 3.28. The summed E-state index contributed by atoms with van der Waals surface area (Å²) in [6, 6.07) is 3.71. The lowest BCUT2D eigenvalue weighted by molar-refractivity contribution is -0.157. The van der Waals surface area contributed by atoms with Gasteiger partial charge in [-0.25, -0.2) is 0 Å². The van der Waals surface area contributed by atoms with E-state index in [2.05, 4.69) is 5.32 Å². The smallest absolute Gasteiger partial charge is 0.307 e. The molecular formula is C23H26Cl2N2O4S. The highest BCUT2D eigenvalue weighted by atomic mass is 35.5. The first-order valence-corrected chi connectivity index (χ1v) is 11.9. The van der Waals surface area contributed by atoms with Crippen LogP contribution in [-0.2, 0) is 19.1 Å². The number of hydrogen-bond donors (Lipinski definition) is 1. The fraction of sp³-hybridized carbons (Fsp3) is 0.435. The van der Waals surface area contributed by atoms with Crippen LogP contribution in [0.2, 0.25) is 10.0 Å². The van der Waals surface area contributed by atoms with E-state index >= 15 is 0 Å². The molecule has 1 aliphatic heterocycles. The monoisotopic (exact) mass is 496 g/mol. The number of ether oxygens (including phenoxy) is 1. The molecule has 32 heavy (non-hydrogen) atoms. The maximum atomic E-state index is 12.4. The summed E-state index contributed by atoms with van der Waals surface area (Å²) in [5.74, 6) is -1.31. The van der Waals surface area contributed by atoms with Gasteiger partial charge in [0.15, 0.2) is 0 Å². The van der Waals surface area contributed by atoms with Crippen LogP contribution in [0.5, 0.6) is 0 Å². The maximum absolute atomic E-state index is 12.4. The molecule has 1 aromatic carbocycles. The average molecular weight is 497 g/mol. The Kier molecular flexibility index (Phi) is 7.53. The van der Waals surface area contributed by atoms with Crippen molar-refractivity contribution < 1.29 is 19.1 Å². The molecule has 2 aromatic rings. The number of halogens is 2. The van der Waals surface area contributed by atoms with E-state index in [0.29, 0.717) is 28.7 Å². The molecule has 0 bridgehead atoms. The molecule has 1 aromatic heterocycles. The molecular weight excluding hydrogens is 471 g/mol. The Labute approximate surface area is 201 Å². The van der Waals surface area contributed by atoms with Gasteiger partial charge in [-0.05, 0) is 55.3 Å². The highest BCUT2D eigenvalue weighted by Gasteiger charge is 2.32. The fourth-order valence-corrected chi connectivity index (χ4v) is 4.71. The molecule has 1 fully saturated rings. The molecule has 172 valence electrons. The topological polar surface area (TPSA) is 75.7 Å². The average Bonchev–Trinajstić information content (AvgIpc) is 3.12. The van der Waals surface area contributed by atoms with Crippen molar-refractivity contribution in [3.05, 3.63) is 39.2 Å². The number of benzene rings is 1. The van der Waals surface area contributed by atoms with Crippen LogP contribution >= 0.6 is 34.5 Å². The summed E-state index contributed by atoms with van der Waals surface area (Å²) >= 11 is 14.2. The quantitative estimate of drug-likeness (QED) is 0.454. The third kappa shape index (κ3) is 6.03. The first-order chi connectivity index (χ1) is 14.9. The normalized spacial score (nSPS) is 15.6. The minimum atomic E-state index is -0.583. The Morgan fingerprint density at radius 1 is 1.28 bits per heavy atom. The van der Waals surface area contributed by atoms with E-state index in [1.807, 2.05) is 17.5 Å². The second-order valence-corrected chi connectivity index (χ2v) is 10.6. The van der Waals surface area contributed by atoms with Gasteiger partial charge in [0.1, 0.15) is 5.60 Å². The SMILES string of the molecule is CC(CC(=O)OC(C)(C)C)C(=O)NC1CN(C(=O)C=Cc2cc3ccsc3c(Cl)c2Cl)C1. The van der Waals surface area contributed by atoms with E-state index in [9.17, 15) is 14.4 Å². The Morgan fingerprint density at radius 2 is 1.97 bits per heavy atom. The van der Waals surface area contributed by atoms with Crippen LogP contribution in [0.1, 0.15) is 39.7 Å². The number of rotatable bonds is 6. The molecule has 1 aliphatic rings. The minimum Gasteiger partial charge on any atom is -0.460 e. The number of amides is 2. The Hall–Kier alpha value is -2.09. The molecule has 2 heterocycles. The summed E-state index contributed by atoms with van der Waals surface area (Å²) in [5, 5.41) is 6.69. The van der Waals surface area contributed by atoms with Gasteiger partial charge >= 0.3 is 5.97 Å². The van der Waals surface area contributed by atoms with Crippen molar-refractivity contribution >= 4 is 68.5 Å². The molecule has 0 spiro atoms. The zero-order chi connectivity index (χ0) is 23.6. The van der Waals surface area contributed by atoms with Gasteiger partial charge in [0.25, 0.3) is 0 Å². The third-order valence-electron chi connectivity index (χ3n) is 4.94. The summed E-state index contributed by atoms with van der Waals surface area (Å²) in [5.41, 5.74) is 0.0953. The summed E-state index contributed by atoms with van der Waals surface area (Å²) in [4.78, 5) is 38.3.